The van der Waals surface area contributed by atoms with Crippen LogP contribution in [0.4, 0.5) is 0 Å². The Labute approximate surface area is 167 Å². The number of carbonyl (C=O) groups excluding carboxylic acids is 2. The van der Waals surface area contributed by atoms with Gasteiger partial charge in [0, 0.05) is 43.0 Å². The van der Waals surface area contributed by atoms with Crippen molar-refractivity contribution in [3.63, 3.8) is 0 Å². The molecule has 4 rings (SSSR count). The smallest absolute Gasteiger partial charge is 0.223 e. The van der Waals surface area contributed by atoms with Gasteiger partial charge < -0.3 is 9.88 Å². The lowest BCUT2D eigenvalue weighted by Crippen LogP contribution is -2.38. The van der Waals surface area contributed by atoms with Gasteiger partial charge in [-0.25, -0.2) is 0 Å². The number of aromatic amines is 1. The van der Waals surface area contributed by atoms with E-state index in [0.29, 0.717) is 15.1 Å². The van der Waals surface area contributed by atoms with Crippen molar-refractivity contribution >= 4 is 45.5 Å². The Hall–Kier alpha value is -2.11. The second-order valence-corrected chi connectivity index (χ2v) is 8.69. The Balaban J connectivity index is 1.31. The average molecular weight is 401 g/mol. The summed E-state index contributed by atoms with van der Waals surface area (Å²) < 4.78 is 0.601. The van der Waals surface area contributed by atoms with Crippen LogP contribution in [-0.4, -0.2) is 34.7 Å². The number of piperidine rings is 1. The van der Waals surface area contributed by atoms with E-state index >= 15 is 0 Å². The van der Waals surface area contributed by atoms with Crippen LogP contribution in [0.5, 0.6) is 0 Å². The van der Waals surface area contributed by atoms with Gasteiger partial charge in [-0.15, -0.1) is 11.3 Å². The molecule has 0 spiro atoms. The van der Waals surface area contributed by atoms with Gasteiger partial charge in [0.2, 0.25) is 5.91 Å². The lowest BCUT2D eigenvalue weighted by molar-refractivity contribution is -0.132. The zero-order valence-electron chi connectivity index (χ0n) is 14.9. The van der Waals surface area contributed by atoms with Crippen LogP contribution in [0.1, 0.15) is 46.8 Å². The lowest BCUT2D eigenvalue weighted by Gasteiger charge is -2.32. The zero-order chi connectivity index (χ0) is 18.8. The van der Waals surface area contributed by atoms with Gasteiger partial charge in [-0.3, -0.25) is 9.59 Å². The highest BCUT2D eigenvalue weighted by Crippen LogP contribution is 2.33. The minimum atomic E-state index is -0.00562. The number of likely N-dealkylation sites (tertiary alicyclic amines) is 1. The van der Waals surface area contributed by atoms with Crippen molar-refractivity contribution in [3.05, 3.63) is 57.4 Å². The molecule has 140 valence electrons. The number of H-pyrrole nitrogens is 1. The Morgan fingerprint density at radius 2 is 1.89 bits per heavy atom. The molecule has 27 heavy (non-hydrogen) atoms. The molecule has 1 aliphatic rings. The fraction of sp³-hybridized carbons (Fsp3) is 0.333. The van der Waals surface area contributed by atoms with E-state index < -0.39 is 0 Å². The first-order chi connectivity index (χ1) is 13.1. The normalized spacial score (nSPS) is 15.4. The first-order valence-corrected chi connectivity index (χ1v) is 10.4. The predicted molar refractivity (Wildman–Crippen MR) is 110 cm³/mol. The fourth-order valence-electron chi connectivity index (χ4n) is 3.84. The van der Waals surface area contributed by atoms with E-state index in [-0.39, 0.29) is 24.5 Å². The molecule has 0 saturated carbocycles. The number of fused-ring (bicyclic) bond motifs is 1. The van der Waals surface area contributed by atoms with Crippen LogP contribution in [0.15, 0.2) is 42.6 Å². The highest BCUT2D eigenvalue weighted by atomic mass is 35.5. The molecule has 1 aliphatic heterocycles. The Morgan fingerprint density at radius 3 is 2.63 bits per heavy atom. The van der Waals surface area contributed by atoms with Crippen LogP contribution >= 0.6 is 22.9 Å². The van der Waals surface area contributed by atoms with E-state index in [0.717, 1.165) is 31.4 Å². The monoisotopic (exact) mass is 400 g/mol. The third-order valence-corrected chi connectivity index (χ3v) is 6.59. The molecule has 1 amide bonds. The van der Waals surface area contributed by atoms with Crippen LogP contribution in [0.25, 0.3) is 10.9 Å². The number of nitrogens with zero attached hydrogens (tertiary/aromatic N) is 1. The van der Waals surface area contributed by atoms with Crippen molar-refractivity contribution in [2.24, 2.45) is 0 Å². The molecule has 0 aliphatic carbocycles. The number of carbonyl (C=O) groups is 2. The molecular weight excluding hydrogens is 380 g/mol. The van der Waals surface area contributed by atoms with Crippen LogP contribution in [0.3, 0.4) is 0 Å². The van der Waals surface area contributed by atoms with Crippen molar-refractivity contribution in [1.82, 2.24) is 9.88 Å². The summed E-state index contributed by atoms with van der Waals surface area (Å²) in [4.78, 5) is 30.5. The summed E-state index contributed by atoms with van der Waals surface area (Å²) in [5.74, 6) is 0.539. The first-order valence-electron chi connectivity index (χ1n) is 9.24. The summed E-state index contributed by atoms with van der Waals surface area (Å²) in [7, 11) is 0. The fourth-order valence-corrected chi connectivity index (χ4v) is 4.85. The SMILES string of the molecule is O=C(CCC(=O)N1CCC(c2c[nH]c3ccccc23)CC1)c1ccc(Cl)s1. The summed E-state index contributed by atoms with van der Waals surface area (Å²) in [6.45, 7) is 1.50. The van der Waals surface area contributed by atoms with Crippen molar-refractivity contribution in [2.45, 2.75) is 31.6 Å². The van der Waals surface area contributed by atoms with Gasteiger partial charge in [0.05, 0.1) is 9.21 Å². The maximum Gasteiger partial charge on any atom is 0.223 e. The number of rotatable bonds is 5. The molecule has 4 nitrogen and oxygen atoms in total. The molecule has 1 saturated heterocycles. The summed E-state index contributed by atoms with van der Waals surface area (Å²) in [5.41, 5.74) is 2.51. The number of hydrogen-bond donors (Lipinski definition) is 1. The molecule has 6 heteroatoms. The molecule has 3 heterocycles. The second-order valence-electron chi connectivity index (χ2n) is 6.97. The lowest BCUT2D eigenvalue weighted by atomic mass is 9.89. The molecule has 1 aromatic carbocycles. The summed E-state index contributed by atoms with van der Waals surface area (Å²) in [6, 6.07) is 11.8. The van der Waals surface area contributed by atoms with E-state index in [1.165, 1.54) is 22.3 Å². The number of benzene rings is 1. The van der Waals surface area contributed by atoms with Gasteiger partial charge in [0.1, 0.15) is 0 Å². The number of thiophene rings is 1. The Morgan fingerprint density at radius 1 is 1.11 bits per heavy atom. The summed E-state index contributed by atoms with van der Waals surface area (Å²) in [6.07, 6.45) is 4.55. The second kappa shape index (κ2) is 7.87. The van der Waals surface area contributed by atoms with E-state index in [9.17, 15) is 9.59 Å². The highest BCUT2D eigenvalue weighted by Gasteiger charge is 2.25. The number of halogens is 1. The van der Waals surface area contributed by atoms with Gasteiger partial charge in [-0.2, -0.15) is 0 Å². The van der Waals surface area contributed by atoms with Crippen molar-refractivity contribution < 1.29 is 9.59 Å². The molecule has 0 unspecified atom stereocenters. The highest BCUT2D eigenvalue weighted by molar-refractivity contribution is 7.18. The molecule has 0 radical (unpaired) electrons. The number of para-hydroxylation sites is 1. The van der Waals surface area contributed by atoms with Crippen LogP contribution in [0, 0.1) is 0 Å². The van der Waals surface area contributed by atoms with Crippen LogP contribution < -0.4 is 0 Å². The van der Waals surface area contributed by atoms with E-state index in [4.69, 9.17) is 11.6 Å². The Bertz CT molecular complexity index is 969. The van der Waals surface area contributed by atoms with Crippen molar-refractivity contribution in [1.29, 1.82) is 0 Å². The molecule has 3 aromatic rings. The van der Waals surface area contributed by atoms with Gasteiger partial charge >= 0.3 is 0 Å². The van der Waals surface area contributed by atoms with Gasteiger partial charge in [0.15, 0.2) is 5.78 Å². The summed E-state index contributed by atoms with van der Waals surface area (Å²) >= 11 is 7.14. The maximum absolute atomic E-state index is 12.5. The van der Waals surface area contributed by atoms with Gasteiger partial charge in [-0.05, 0) is 42.5 Å². The Kier molecular flexibility index (Phi) is 5.32. The molecule has 2 aromatic heterocycles. The zero-order valence-corrected chi connectivity index (χ0v) is 16.5. The minimum absolute atomic E-state index is 0.00562. The van der Waals surface area contributed by atoms with E-state index in [1.807, 2.05) is 11.0 Å². The first kappa shape index (κ1) is 18.3. The minimum Gasteiger partial charge on any atom is -0.361 e. The number of amides is 1. The predicted octanol–water partition coefficient (Wildman–Crippen LogP) is 5.25. The third-order valence-electron chi connectivity index (χ3n) is 5.32. The molecule has 0 bridgehead atoms. The van der Waals surface area contributed by atoms with Crippen molar-refractivity contribution in [3.8, 4) is 0 Å². The van der Waals surface area contributed by atoms with E-state index in [2.05, 4.69) is 29.4 Å². The topological polar surface area (TPSA) is 53.2 Å². The van der Waals surface area contributed by atoms with Crippen LogP contribution in [0.2, 0.25) is 4.34 Å². The average Bonchev–Trinajstić information content (AvgIpc) is 3.32. The number of nitrogens with one attached hydrogen (secondary N) is 1. The van der Waals surface area contributed by atoms with Crippen molar-refractivity contribution in [2.75, 3.05) is 13.1 Å². The summed E-state index contributed by atoms with van der Waals surface area (Å²) in [5, 5.41) is 1.28. The number of ketones is 1. The molecule has 1 N–H and O–H groups in total. The molecule has 0 atom stereocenters. The van der Waals surface area contributed by atoms with Crippen LogP contribution in [-0.2, 0) is 4.79 Å². The maximum atomic E-state index is 12.5. The van der Waals surface area contributed by atoms with E-state index in [1.54, 1.807) is 12.1 Å². The largest absolute Gasteiger partial charge is 0.361 e. The number of aromatic nitrogens is 1. The quantitative estimate of drug-likeness (QED) is 0.594. The molecular formula is C21H21ClN2O2S. The standard InChI is InChI=1S/C21H21ClN2O2S/c22-20-7-6-19(27-20)18(25)5-8-21(26)24-11-9-14(10-12-24)16-13-23-17-4-2-1-3-15(16)17/h1-4,6-7,13-14,23H,5,8-12H2. The van der Waals surface area contributed by atoms with Gasteiger partial charge in [-0.1, -0.05) is 29.8 Å². The van der Waals surface area contributed by atoms with Gasteiger partial charge in [0.25, 0.3) is 0 Å². The number of hydrogen-bond acceptors (Lipinski definition) is 3. The molecule has 1 fully saturated rings. The third kappa shape index (κ3) is 3.94. The number of Topliss-reactive ketones (excluding diaryl/α,β-unsaturated/α-hetero) is 1.